The molecule has 1 aliphatic rings. The van der Waals surface area contributed by atoms with Crippen molar-refractivity contribution < 1.29 is 51.5 Å². The number of nitrogens with zero attached hydrogens (tertiary/aromatic N) is 1. The van der Waals surface area contributed by atoms with Crippen LogP contribution in [0.25, 0.3) is 0 Å². The van der Waals surface area contributed by atoms with E-state index in [0.717, 1.165) is 30.3 Å². The van der Waals surface area contributed by atoms with Crippen LogP contribution in [0.2, 0.25) is 0 Å². The number of hydrogen-bond acceptors (Lipinski definition) is 7. The Morgan fingerprint density at radius 1 is 0.667 bits per heavy atom. The van der Waals surface area contributed by atoms with Gasteiger partial charge in [-0.2, -0.15) is 0 Å². The van der Waals surface area contributed by atoms with Crippen LogP contribution in [0.15, 0.2) is 0 Å². The Morgan fingerprint density at radius 3 is 1.64 bits per heavy atom. The summed E-state index contributed by atoms with van der Waals surface area (Å²) in [5, 5.41) is 41.1. The first-order valence-corrected chi connectivity index (χ1v) is 17.1. The lowest BCUT2D eigenvalue weighted by Crippen LogP contribution is -3.00. The topological polar surface area (TPSA) is 109 Å². The molecule has 1 heterocycles. The first-order chi connectivity index (χ1) is 19.7. The van der Waals surface area contributed by atoms with Gasteiger partial charge in [-0.1, -0.05) is 110 Å². The van der Waals surface area contributed by atoms with Gasteiger partial charge < -0.3 is 51.5 Å². The molecule has 0 aliphatic carbocycles. The molecule has 1 saturated heterocycles. The van der Waals surface area contributed by atoms with Crippen LogP contribution in [-0.4, -0.2) is 109 Å². The van der Waals surface area contributed by atoms with E-state index >= 15 is 0 Å². The van der Waals surface area contributed by atoms with E-state index in [1.165, 1.54) is 96.3 Å². The Labute approximate surface area is 264 Å². The molecule has 0 radical (unpaired) electrons. The average molecular weight is 626 g/mol. The molecule has 8 nitrogen and oxygen atoms in total. The number of aliphatic hydroxyl groups is 4. The minimum absolute atomic E-state index is 0. The minimum atomic E-state index is -1.37. The quantitative estimate of drug-likeness (QED) is 0.0820. The standard InChI is InChI=1S/C33H68NO7.ClH/c1-5-7-9-10-11-12-13-14-15-16-17-18-19-20-21-22-23-34(3,4)25-28(35)26-39-27-29-30(36)31(37)32(38)33(41-29)40-24-8-6-2;/h28-33,35-38H,5-27H2,1-4H3;1H/q+1;/p-1/t28?,29-,30-,31+,32-,33-;/m1./s1. The maximum absolute atomic E-state index is 10.5. The summed E-state index contributed by atoms with van der Waals surface area (Å²) < 4.78 is 17.6. The number of rotatable bonds is 27. The zero-order valence-corrected chi connectivity index (χ0v) is 28.3. The fraction of sp³-hybridized carbons (Fsp3) is 1.00. The second-order valence-electron chi connectivity index (χ2n) is 13.1. The third-order valence-electron chi connectivity index (χ3n) is 8.36. The monoisotopic (exact) mass is 625 g/mol. The van der Waals surface area contributed by atoms with Crippen molar-refractivity contribution in [2.75, 3.05) is 47.0 Å². The Hall–Kier alpha value is -0.0300. The number of quaternary nitrogens is 1. The Balaban J connectivity index is 0.0000168. The normalized spacial score (nSPS) is 23.6. The number of likely N-dealkylation sites (N-methyl/N-ethyl adjacent to an activating group) is 1. The van der Waals surface area contributed by atoms with Crippen molar-refractivity contribution in [2.24, 2.45) is 0 Å². The summed E-state index contributed by atoms with van der Waals surface area (Å²) in [5.41, 5.74) is 0. The van der Waals surface area contributed by atoms with Gasteiger partial charge >= 0.3 is 0 Å². The third-order valence-corrected chi connectivity index (χ3v) is 8.36. The van der Waals surface area contributed by atoms with E-state index in [-0.39, 0.29) is 25.6 Å². The van der Waals surface area contributed by atoms with Gasteiger partial charge in [0.05, 0.1) is 33.9 Å². The lowest BCUT2D eigenvalue weighted by molar-refractivity contribution is -0.893. The molecule has 6 atom stereocenters. The van der Waals surface area contributed by atoms with Gasteiger partial charge in [0.1, 0.15) is 37.1 Å². The molecule has 254 valence electrons. The highest BCUT2D eigenvalue weighted by Crippen LogP contribution is 2.23. The van der Waals surface area contributed by atoms with Crippen molar-refractivity contribution in [3.8, 4) is 0 Å². The van der Waals surface area contributed by atoms with Crippen LogP contribution in [0, 0.1) is 0 Å². The van der Waals surface area contributed by atoms with E-state index in [4.69, 9.17) is 14.2 Å². The number of hydrogen-bond donors (Lipinski definition) is 4. The molecule has 42 heavy (non-hydrogen) atoms. The van der Waals surface area contributed by atoms with E-state index in [2.05, 4.69) is 21.0 Å². The van der Waals surface area contributed by atoms with E-state index in [1.54, 1.807) is 0 Å². The van der Waals surface area contributed by atoms with Crippen LogP contribution in [0.1, 0.15) is 129 Å². The Morgan fingerprint density at radius 2 is 1.14 bits per heavy atom. The van der Waals surface area contributed by atoms with E-state index in [1.807, 2.05) is 6.92 Å². The zero-order valence-electron chi connectivity index (χ0n) is 27.6. The van der Waals surface area contributed by atoms with Gasteiger partial charge in [0, 0.05) is 6.61 Å². The number of unbranched alkanes of at least 4 members (excludes halogenated alkanes) is 16. The average Bonchev–Trinajstić information content (AvgIpc) is 2.93. The molecule has 0 saturated carbocycles. The van der Waals surface area contributed by atoms with Gasteiger partial charge in [0.15, 0.2) is 6.29 Å². The second-order valence-corrected chi connectivity index (χ2v) is 13.1. The van der Waals surface area contributed by atoms with Crippen molar-refractivity contribution in [3.05, 3.63) is 0 Å². The van der Waals surface area contributed by atoms with Crippen molar-refractivity contribution in [2.45, 2.75) is 166 Å². The van der Waals surface area contributed by atoms with Gasteiger partial charge in [0.25, 0.3) is 0 Å². The first kappa shape index (κ1) is 42.0. The lowest BCUT2D eigenvalue weighted by atomic mass is 9.99. The van der Waals surface area contributed by atoms with Crippen LogP contribution < -0.4 is 12.4 Å². The van der Waals surface area contributed by atoms with Gasteiger partial charge in [-0.25, -0.2) is 0 Å². The van der Waals surface area contributed by atoms with E-state index < -0.39 is 36.8 Å². The van der Waals surface area contributed by atoms with Crippen molar-refractivity contribution >= 4 is 0 Å². The molecule has 0 spiro atoms. The fourth-order valence-corrected chi connectivity index (χ4v) is 5.66. The summed E-state index contributed by atoms with van der Waals surface area (Å²) in [6, 6.07) is 0. The number of aliphatic hydroxyl groups excluding tert-OH is 4. The number of halogens is 1. The Bertz CT molecular complexity index is 601. The molecular formula is C33H68ClNO7. The van der Waals surface area contributed by atoms with Gasteiger partial charge in [0.2, 0.25) is 0 Å². The van der Waals surface area contributed by atoms with Crippen LogP contribution in [0.4, 0.5) is 0 Å². The molecule has 1 fully saturated rings. The summed E-state index contributed by atoms with van der Waals surface area (Å²) >= 11 is 0. The highest BCUT2D eigenvalue weighted by Gasteiger charge is 2.44. The molecule has 0 amide bonds. The minimum Gasteiger partial charge on any atom is -1.00 e. The van der Waals surface area contributed by atoms with Crippen molar-refractivity contribution in [3.63, 3.8) is 0 Å². The van der Waals surface area contributed by atoms with Crippen molar-refractivity contribution in [1.29, 1.82) is 0 Å². The molecule has 9 heteroatoms. The SMILES string of the molecule is CCCCCCCCCCCCCCCCCC[N+](C)(C)CC(O)COC[C@H]1O[C@@H](OCCCC)[C@H](O)[C@@H](O)[C@@H]1O.[Cl-]. The largest absolute Gasteiger partial charge is 1.00 e. The fourth-order valence-electron chi connectivity index (χ4n) is 5.66. The maximum Gasteiger partial charge on any atom is 0.186 e. The third kappa shape index (κ3) is 20.1. The molecule has 1 aliphatic heterocycles. The molecular weight excluding hydrogens is 558 g/mol. The zero-order chi connectivity index (χ0) is 30.3. The number of ether oxygens (including phenoxy) is 3. The summed E-state index contributed by atoms with van der Waals surface area (Å²) in [5.74, 6) is 0. The Kier molecular flexibility index (Phi) is 26.2. The van der Waals surface area contributed by atoms with E-state index in [9.17, 15) is 20.4 Å². The summed E-state index contributed by atoms with van der Waals surface area (Å²) in [6.45, 7) is 6.43. The summed E-state index contributed by atoms with van der Waals surface area (Å²) in [7, 11) is 4.27. The highest BCUT2D eigenvalue weighted by molar-refractivity contribution is 4.89. The molecule has 1 unspecified atom stereocenters. The summed E-state index contributed by atoms with van der Waals surface area (Å²) in [4.78, 5) is 0. The smallest absolute Gasteiger partial charge is 0.186 e. The van der Waals surface area contributed by atoms with Crippen LogP contribution in [0.5, 0.6) is 0 Å². The van der Waals surface area contributed by atoms with Crippen LogP contribution in [-0.2, 0) is 14.2 Å². The molecule has 1 rings (SSSR count). The molecule has 0 bridgehead atoms. The van der Waals surface area contributed by atoms with Crippen LogP contribution in [0.3, 0.4) is 0 Å². The van der Waals surface area contributed by atoms with Gasteiger partial charge in [-0.05, 0) is 19.3 Å². The molecule has 0 aromatic heterocycles. The van der Waals surface area contributed by atoms with Gasteiger partial charge in [-0.15, -0.1) is 0 Å². The van der Waals surface area contributed by atoms with Crippen molar-refractivity contribution in [1.82, 2.24) is 0 Å². The predicted octanol–water partition coefficient (Wildman–Crippen LogP) is 2.33. The second kappa shape index (κ2) is 26.2. The molecule has 0 aromatic rings. The molecule has 0 aromatic carbocycles. The lowest BCUT2D eigenvalue weighted by Gasteiger charge is -2.40. The predicted molar refractivity (Wildman–Crippen MR) is 166 cm³/mol. The highest BCUT2D eigenvalue weighted by atomic mass is 35.5. The summed E-state index contributed by atoms with van der Waals surface area (Å²) in [6.07, 6.45) is 17.1. The van der Waals surface area contributed by atoms with E-state index in [0.29, 0.717) is 13.2 Å². The first-order valence-electron chi connectivity index (χ1n) is 17.1. The van der Waals surface area contributed by atoms with Crippen LogP contribution >= 0.6 is 0 Å². The maximum atomic E-state index is 10.5. The molecule has 4 N–H and O–H groups in total. The van der Waals surface area contributed by atoms with Gasteiger partial charge in [-0.3, -0.25) is 0 Å².